The topological polar surface area (TPSA) is 29.0 Å². The predicted molar refractivity (Wildman–Crippen MR) is 74.0 cm³/mol. The van der Waals surface area contributed by atoms with Gasteiger partial charge in [0.15, 0.2) is 0 Å². The molecule has 3 nitrogen and oxygen atoms in total. The number of nitrogens with zero attached hydrogens (tertiary/aromatic N) is 3. The Kier molecular flexibility index (Phi) is 3.51. The molecule has 0 radical (unpaired) electrons. The van der Waals surface area contributed by atoms with Gasteiger partial charge in [-0.3, -0.25) is 0 Å². The fourth-order valence-corrected chi connectivity index (χ4v) is 3.53. The van der Waals surface area contributed by atoms with Crippen molar-refractivity contribution in [3.8, 4) is 0 Å². The van der Waals surface area contributed by atoms with Crippen molar-refractivity contribution in [3.05, 3.63) is 33.5 Å². The summed E-state index contributed by atoms with van der Waals surface area (Å²) in [6, 6.07) is 4.05. The molecule has 20 heavy (non-hydrogen) atoms. The largest absolute Gasteiger partial charge is 0.445 e. The molecule has 106 valence electrons. The average Bonchev–Trinajstić information content (AvgIpc) is 3.10. The van der Waals surface area contributed by atoms with E-state index in [-0.39, 0.29) is 0 Å². The first-order chi connectivity index (χ1) is 9.54. The van der Waals surface area contributed by atoms with E-state index in [0.29, 0.717) is 29.6 Å². The summed E-state index contributed by atoms with van der Waals surface area (Å²) < 4.78 is 37.5. The Morgan fingerprint density at radius 1 is 1.25 bits per heavy atom. The molecular weight excluding hydrogens is 307 g/mol. The van der Waals surface area contributed by atoms with Crippen LogP contribution in [0.2, 0.25) is 0 Å². The van der Waals surface area contributed by atoms with Gasteiger partial charge in [0.05, 0.1) is 0 Å². The smallest absolute Gasteiger partial charge is 0.343 e. The van der Waals surface area contributed by atoms with Gasteiger partial charge in [-0.15, -0.1) is 21.5 Å². The predicted octanol–water partition coefficient (Wildman–Crippen LogP) is 3.91. The van der Waals surface area contributed by atoms with Gasteiger partial charge in [-0.25, -0.2) is 0 Å². The molecule has 1 aliphatic heterocycles. The van der Waals surface area contributed by atoms with E-state index >= 15 is 0 Å². The van der Waals surface area contributed by atoms with Crippen LogP contribution < -0.4 is 4.90 Å². The maximum absolute atomic E-state index is 12.5. The monoisotopic (exact) mass is 317 g/mol. The van der Waals surface area contributed by atoms with E-state index in [0.717, 1.165) is 6.42 Å². The zero-order chi connectivity index (χ0) is 14.2. The van der Waals surface area contributed by atoms with Crippen LogP contribution in [0.25, 0.3) is 5.57 Å². The van der Waals surface area contributed by atoms with Crippen LogP contribution in [0.1, 0.15) is 16.3 Å². The van der Waals surface area contributed by atoms with Gasteiger partial charge in [-0.05, 0) is 23.4 Å². The maximum atomic E-state index is 12.5. The van der Waals surface area contributed by atoms with Crippen LogP contribution in [0.15, 0.2) is 23.6 Å². The van der Waals surface area contributed by atoms with Crippen molar-refractivity contribution in [2.45, 2.75) is 12.6 Å². The van der Waals surface area contributed by atoms with Crippen molar-refractivity contribution in [3.63, 3.8) is 0 Å². The fraction of sp³-hybridized carbons (Fsp3) is 0.333. The third kappa shape index (κ3) is 2.71. The number of alkyl halides is 3. The zero-order valence-electron chi connectivity index (χ0n) is 10.2. The molecule has 0 aromatic carbocycles. The van der Waals surface area contributed by atoms with Gasteiger partial charge in [0.1, 0.15) is 0 Å². The highest BCUT2D eigenvalue weighted by Crippen LogP contribution is 2.35. The molecule has 0 atom stereocenters. The van der Waals surface area contributed by atoms with Crippen LogP contribution in [-0.2, 0) is 6.18 Å². The third-order valence-corrected chi connectivity index (χ3v) is 4.95. The van der Waals surface area contributed by atoms with Gasteiger partial charge < -0.3 is 4.90 Å². The lowest BCUT2D eigenvalue weighted by atomic mass is 10.1. The molecule has 0 N–H and O–H groups in total. The second-order valence-electron chi connectivity index (χ2n) is 4.29. The molecule has 0 amide bonds. The van der Waals surface area contributed by atoms with E-state index in [1.165, 1.54) is 10.5 Å². The second kappa shape index (κ2) is 5.17. The molecule has 2 aromatic heterocycles. The molecule has 0 saturated carbocycles. The van der Waals surface area contributed by atoms with Gasteiger partial charge in [-0.1, -0.05) is 23.5 Å². The van der Waals surface area contributed by atoms with Gasteiger partial charge >= 0.3 is 6.18 Å². The molecule has 1 aliphatic rings. The first kappa shape index (κ1) is 13.6. The fourth-order valence-electron chi connectivity index (χ4n) is 1.99. The number of hydrogen-bond acceptors (Lipinski definition) is 5. The summed E-state index contributed by atoms with van der Waals surface area (Å²) in [6.07, 6.45) is -1.56. The van der Waals surface area contributed by atoms with E-state index in [9.17, 15) is 13.2 Å². The summed E-state index contributed by atoms with van der Waals surface area (Å²) in [7, 11) is 0. The van der Waals surface area contributed by atoms with Crippen molar-refractivity contribution in [1.29, 1.82) is 0 Å². The number of thiophene rings is 1. The normalized spacial score (nSPS) is 16.4. The number of aromatic nitrogens is 2. The maximum Gasteiger partial charge on any atom is 0.445 e. The summed E-state index contributed by atoms with van der Waals surface area (Å²) >= 11 is 2.27. The summed E-state index contributed by atoms with van der Waals surface area (Å²) in [5.74, 6) is 0. The molecule has 0 fully saturated rings. The lowest BCUT2D eigenvalue weighted by Gasteiger charge is -2.25. The minimum atomic E-state index is -4.41. The minimum Gasteiger partial charge on any atom is -0.343 e. The molecule has 0 unspecified atom stereocenters. The molecule has 3 rings (SSSR count). The lowest BCUT2D eigenvalue weighted by Crippen LogP contribution is -2.27. The van der Waals surface area contributed by atoms with Crippen LogP contribution in [0.3, 0.4) is 0 Å². The highest BCUT2D eigenvalue weighted by molar-refractivity contribution is 7.15. The van der Waals surface area contributed by atoms with Crippen molar-refractivity contribution >= 4 is 33.4 Å². The molecule has 8 heteroatoms. The van der Waals surface area contributed by atoms with Crippen LogP contribution in [-0.4, -0.2) is 23.3 Å². The van der Waals surface area contributed by atoms with Crippen molar-refractivity contribution < 1.29 is 13.2 Å². The Morgan fingerprint density at radius 2 is 2.10 bits per heavy atom. The standard InChI is InChI=1S/C12H10F3N3S2/c13-12(14,15)10-16-17-11(20-10)18-5-3-8(4-6-18)9-2-1-7-19-9/h1-3,7H,4-6H2. The first-order valence-electron chi connectivity index (χ1n) is 5.92. The Hall–Kier alpha value is -1.41. The summed E-state index contributed by atoms with van der Waals surface area (Å²) in [6.45, 7) is 1.23. The van der Waals surface area contributed by atoms with Crippen LogP contribution in [0.5, 0.6) is 0 Å². The Morgan fingerprint density at radius 3 is 2.65 bits per heavy atom. The van der Waals surface area contributed by atoms with Crippen LogP contribution in [0, 0.1) is 0 Å². The molecular formula is C12H10F3N3S2. The Balaban J connectivity index is 1.73. The molecule has 0 spiro atoms. The number of rotatable bonds is 2. The van der Waals surface area contributed by atoms with Gasteiger partial charge in [0, 0.05) is 18.0 Å². The number of anilines is 1. The minimum absolute atomic E-state index is 0.332. The zero-order valence-corrected chi connectivity index (χ0v) is 11.9. The quantitative estimate of drug-likeness (QED) is 0.841. The van der Waals surface area contributed by atoms with Gasteiger partial charge in [0.25, 0.3) is 0 Å². The molecule has 3 heterocycles. The summed E-state index contributed by atoms with van der Waals surface area (Å²) in [5.41, 5.74) is 1.25. The molecule has 0 saturated heterocycles. The molecule has 0 bridgehead atoms. The first-order valence-corrected chi connectivity index (χ1v) is 7.62. The number of hydrogen-bond donors (Lipinski definition) is 0. The van der Waals surface area contributed by atoms with E-state index < -0.39 is 11.2 Å². The highest BCUT2D eigenvalue weighted by Gasteiger charge is 2.36. The Bertz CT molecular complexity index is 616. The van der Waals surface area contributed by atoms with E-state index in [2.05, 4.69) is 16.3 Å². The second-order valence-corrected chi connectivity index (χ2v) is 6.19. The van der Waals surface area contributed by atoms with E-state index in [1.54, 1.807) is 11.3 Å². The molecule has 2 aromatic rings. The third-order valence-electron chi connectivity index (χ3n) is 2.97. The van der Waals surface area contributed by atoms with Crippen molar-refractivity contribution in [1.82, 2.24) is 10.2 Å². The van der Waals surface area contributed by atoms with E-state index in [4.69, 9.17) is 0 Å². The summed E-state index contributed by atoms with van der Waals surface area (Å²) in [4.78, 5) is 3.04. The van der Waals surface area contributed by atoms with E-state index in [1.807, 2.05) is 22.4 Å². The van der Waals surface area contributed by atoms with Gasteiger partial charge in [-0.2, -0.15) is 13.2 Å². The Labute approximate surface area is 121 Å². The highest BCUT2D eigenvalue weighted by atomic mass is 32.1. The van der Waals surface area contributed by atoms with Gasteiger partial charge in [0.2, 0.25) is 10.1 Å². The average molecular weight is 317 g/mol. The van der Waals surface area contributed by atoms with Crippen LogP contribution in [0.4, 0.5) is 18.3 Å². The van der Waals surface area contributed by atoms with Crippen molar-refractivity contribution in [2.24, 2.45) is 0 Å². The SMILES string of the molecule is FC(F)(F)c1nnc(N2CC=C(c3cccs3)CC2)s1. The van der Waals surface area contributed by atoms with Crippen molar-refractivity contribution in [2.75, 3.05) is 18.0 Å². The van der Waals surface area contributed by atoms with Crippen LogP contribution >= 0.6 is 22.7 Å². The summed E-state index contributed by atoms with van der Waals surface area (Å²) in [5, 5.41) is 8.32. The lowest BCUT2D eigenvalue weighted by molar-refractivity contribution is -0.138. The molecule has 0 aliphatic carbocycles. The number of halogens is 3.